The lowest BCUT2D eigenvalue weighted by atomic mass is 10.2. The Labute approximate surface area is 143 Å². The normalized spacial score (nSPS) is 10.6. The summed E-state index contributed by atoms with van der Waals surface area (Å²) >= 11 is 1.96. The Morgan fingerprint density at radius 2 is 1.95 bits per heavy atom. The third-order valence-corrected chi connectivity index (χ3v) is 4.35. The zero-order valence-corrected chi connectivity index (χ0v) is 14.9. The van der Waals surface area contributed by atoms with Crippen molar-refractivity contribution in [1.82, 2.24) is 0 Å². The summed E-state index contributed by atoms with van der Waals surface area (Å²) in [5, 5.41) is 2.86. The Hall–Kier alpha value is -1.63. The molecular formula is C17H18FIN2O. The Morgan fingerprint density at radius 3 is 2.59 bits per heavy atom. The van der Waals surface area contributed by atoms with Gasteiger partial charge in [0.2, 0.25) is 0 Å². The van der Waals surface area contributed by atoms with Crippen LogP contribution in [0, 0.1) is 9.39 Å². The molecule has 0 heterocycles. The first kappa shape index (κ1) is 16.7. The lowest BCUT2D eigenvalue weighted by Gasteiger charge is -2.24. The van der Waals surface area contributed by atoms with Crippen LogP contribution in [0.1, 0.15) is 24.2 Å². The molecule has 0 unspecified atom stereocenters. The van der Waals surface area contributed by atoms with Crippen LogP contribution in [0.4, 0.5) is 15.8 Å². The predicted octanol–water partition coefficient (Wildman–Crippen LogP) is 4.53. The largest absolute Gasteiger partial charge is 0.372 e. The van der Waals surface area contributed by atoms with Gasteiger partial charge >= 0.3 is 0 Å². The second-order valence-electron chi connectivity index (χ2n) is 5.33. The molecule has 2 aromatic rings. The third kappa shape index (κ3) is 3.97. The van der Waals surface area contributed by atoms with Crippen LogP contribution >= 0.6 is 22.6 Å². The maximum Gasteiger partial charge on any atom is 0.256 e. The first-order valence-electron chi connectivity index (χ1n) is 6.98. The molecule has 2 rings (SSSR count). The van der Waals surface area contributed by atoms with E-state index in [1.165, 1.54) is 18.2 Å². The highest BCUT2D eigenvalue weighted by atomic mass is 127. The lowest BCUT2D eigenvalue weighted by molar-refractivity contribution is 0.102. The van der Waals surface area contributed by atoms with Gasteiger partial charge in [-0.15, -0.1) is 0 Å². The molecule has 0 aromatic heterocycles. The van der Waals surface area contributed by atoms with E-state index in [0.717, 1.165) is 11.4 Å². The second kappa shape index (κ2) is 7.09. The van der Waals surface area contributed by atoms with Crippen molar-refractivity contribution in [2.24, 2.45) is 0 Å². The molecule has 116 valence electrons. The standard InChI is InChI=1S/C17H18FIN2O/c1-11(2)21(3)14-6-4-5-13(10-14)20-17(22)15-8-7-12(18)9-16(15)19/h4-11H,1-3H3,(H,20,22). The number of hydrogen-bond acceptors (Lipinski definition) is 2. The van der Waals surface area contributed by atoms with E-state index < -0.39 is 0 Å². The molecule has 1 N–H and O–H groups in total. The number of nitrogens with one attached hydrogen (secondary N) is 1. The molecule has 0 atom stereocenters. The van der Waals surface area contributed by atoms with Crippen LogP contribution in [0.3, 0.4) is 0 Å². The van der Waals surface area contributed by atoms with Gasteiger partial charge in [0.1, 0.15) is 5.82 Å². The van der Waals surface area contributed by atoms with Crippen LogP contribution in [0.5, 0.6) is 0 Å². The number of carbonyl (C=O) groups is 1. The Morgan fingerprint density at radius 1 is 1.23 bits per heavy atom. The zero-order chi connectivity index (χ0) is 16.3. The maximum atomic E-state index is 13.1. The lowest BCUT2D eigenvalue weighted by Crippen LogP contribution is -2.25. The average Bonchev–Trinajstić information content (AvgIpc) is 2.46. The summed E-state index contributed by atoms with van der Waals surface area (Å²) in [4.78, 5) is 14.4. The minimum absolute atomic E-state index is 0.242. The first-order chi connectivity index (χ1) is 10.4. The van der Waals surface area contributed by atoms with Crippen molar-refractivity contribution < 1.29 is 9.18 Å². The van der Waals surface area contributed by atoms with E-state index in [-0.39, 0.29) is 11.7 Å². The highest BCUT2D eigenvalue weighted by Crippen LogP contribution is 2.21. The molecule has 0 saturated carbocycles. The molecule has 0 spiro atoms. The Balaban J connectivity index is 2.20. The van der Waals surface area contributed by atoms with Crippen LogP contribution in [0.15, 0.2) is 42.5 Å². The van der Waals surface area contributed by atoms with Gasteiger partial charge in [-0.1, -0.05) is 6.07 Å². The van der Waals surface area contributed by atoms with Crippen molar-refractivity contribution in [3.63, 3.8) is 0 Å². The van der Waals surface area contributed by atoms with Crippen LogP contribution in [0.25, 0.3) is 0 Å². The van der Waals surface area contributed by atoms with Crippen LogP contribution in [0.2, 0.25) is 0 Å². The molecule has 1 amide bonds. The number of rotatable bonds is 4. The SMILES string of the molecule is CC(C)N(C)c1cccc(NC(=O)c2ccc(F)cc2I)c1. The molecule has 3 nitrogen and oxygen atoms in total. The molecule has 0 bridgehead atoms. The van der Waals surface area contributed by atoms with Crippen molar-refractivity contribution >= 4 is 39.9 Å². The van der Waals surface area contributed by atoms with Crippen molar-refractivity contribution in [1.29, 1.82) is 0 Å². The van der Waals surface area contributed by atoms with Crippen molar-refractivity contribution in [2.45, 2.75) is 19.9 Å². The highest BCUT2D eigenvalue weighted by Gasteiger charge is 2.12. The minimum atomic E-state index is -0.346. The number of halogens is 2. The third-order valence-electron chi connectivity index (χ3n) is 3.46. The summed E-state index contributed by atoms with van der Waals surface area (Å²) in [6, 6.07) is 12.2. The number of anilines is 2. The monoisotopic (exact) mass is 412 g/mol. The van der Waals surface area contributed by atoms with Crippen LogP contribution in [-0.2, 0) is 0 Å². The summed E-state index contributed by atoms with van der Waals surface area (Å²) in [6.07, 6.45) is 0. The molecule has 0 aliphatic rings. The fourth-order valence-electron chi connectivity index (χ4n) is 1.97. The van der Waals surface area contributed by atoms with E-state index >= 15 is 0 Å². The van der Waals surface area contributed by atoms with Gasteiger partial charge in [0.15, 0.2) is 0 Å². The Bertz CT molecular complexity index is 688. The molecular weight excluding hydrogens is 394 g/mol. The van der Waals surface area contributed by atoms with Gasteiger partial charge < -0.3 is 10.2 Å². The van der Waals surface area contributed by atoms with E-state index in [1.54, 1.807) is 0 Å². The quantitative estimate of drug-likeness (QED) is 0.749. The Kier molecular flexibility index (Phi) is 5.39. The molecule has 5 heteroatoms. The van der Waals surface area contributed by atoms with Crippen LogP contribution < -0.4 is 10.2 Å². The predicted molar refractivity (Wildman–Crippen MR) is 97.1 cm³/mol. The van der Waals surface area contributed by atoms with Gasteiger partial charge in [0.05, 0.1) is 5.56 Å². The van der Waals surface area contributed by atoms with Gasteiger partial charge in [0.25, 0.3) is 5.91 Å². The number of carbonyl (C=O) groups excluding carboxylic acids is 1. The smallest absolute Gasteiger partial charge is 0.256 e. The van der Waals surface area contributed by atoms with E-state index in [0.29, 0.717) is 15.2 Å². The molecule has 2 aromatic carbocycles. The molecule has 22 heavy (non-hydrogen) atoms. The van der Waals surface area contributed by atoms with Gasteiger partial charge in [-0.3, -0.25) is 4.79 Å². The minimum Gasteiger partial charge on any atom is -0.372 e. The molecule has 0 saturated heterocycles. The number of hydrogen-bond donors (Lipinski definition) is 1. The number of nitrogens with zero attached hydrogens (tertiary/aromatic N) is 1. The topological polar surface area (TPSA) is 32.3 Å². The van der Waals surface area contributed by atoms with E-state index in [9.17, 15) is 9.18 Å². The summed E-state index contributed by atoms with van der Waals surface area (Å²) in [5.41, 5.74) is 2.21. The van der Waals surface area contributed by atoms with E-state index in [1.807, 2.05) is 53.9 Å². The maximum absolute atomic E-state index is 13.1. The first-order valence-corrected chi connectivity index (χ1v) is 8.05. The fraction of sp³-hybridized carbons (Fsp3) is 0.235. The molecule has 0 radical (unpaired) electrons. The van der Waals surface area contributed by atoms with Gasteiger partial charge in [-0.2, -0.15) is 0 Å². The molecule has 0 fully saturated rings. The van der Waals surface area contributed by atoms with Crippen LogP contribution in [-0.4, -0.2) is 19.0 Å². The zero-order valence-electron chi connectivity index (χ0n) is 12.7. The van der Waals surface area contributed by atoms with Crippen molar-refractivity contribution in [3.8, 4) is 0 Å². The summed E-state index contributed by atoms with van der Waals surface area (Å²) in [5.74, 6) is -0.588. The number of amides is 1. The fourth-order valence-corrected chi connectivity index (χ4v) is 2.70. The van der Waals surface area contributed by atoms with E-state index in [4.69, 9.17) is 0 Å². The van der Waals surface area contributed by atoms with Crippen molar-refractivity contribution in [2.75, 3.05) is 17.3 Å². The summed E-state index contributed by atoms with van der Waals surface area (Å²) in [7, 11) is 2.01. The summed E-state index contributed by atoms with van der Waals surface area (Å²) < 4.78 is 13.7. The molecule has 0 aliphatic carbocycles. The van der Waals surface area contributed by atoms with Gasteiger partial charge in [-0.25, -0.2) is 4.39 Å². The highest BCUT2D eigenvalue weighted by molar-refractivity contribution is 14.1. The van der Waals surface area contributed by atoms with Gasteiger partial charge in [-0.05, 0) is 72.8 Å². The second-order valence-corrected chi connectivity index (χ2v) is 6.50. The average molecular weight is 412 g/mol. The van der Waals surface area contributed by atoms with E-state index in [2.05, 4.69) is 24.1 Å². The number of benzene rings is 2. The molecule has 0 aliphatic heterocycles. The van der Waals surface area contributed by atoms with Gasteiger partial charge in [0, 0.05) is 28.0 Å². The van der Waals surface area contributed by atoms with Crippen molar-refractivity contribution in [3.05, 3.63) is 57.4 Å². The summed E-state index contributed by atoms with van der Waals surface area (Å²) in [6.45, 7) is 4.21.